The van der Waals surface area contributed by atoms with Crippen molar-refractivity contribution in [3.05, 3.63) is 12.0 Å². The highest BCUT2D eigenvalue weighted by Crippen LogP contribution is 2.38. The molecule has 2 nitrogen and oxygen atoms in total. The van der Waals surface area contributed by atoms with Gasteiger partial charge in [0.05, 0.1) is 0 Å². The monoisotopic (exact) mass is 270 g/mol. The third-order valence-electron chi connectivity index (χ3n) is 4.23. The highest BCUT2D eigenvalue weighted by molar-refractivity contribution is 6.74. The van der Waals surface area contributed by atoms with E-state index < -0.39 is 8.32 Å². The van der Waals surface area contributed by atoms with Gasteiger partial charge in [-0.25, -0.2) is 0 Å². The van der Waals surface area contributed by atoms with Gasteiger partial charge in [0.25, 0.3) is 14.3 Å². The van der Waals surface area contributed by atoms with E-state index in [1.807, 2.05) is 13.0 Å². The van der Waals surface area contributed by atoms with Crippen LogP contribution in [0.25, 0.3) is 0 Å². The minimum Gasteiger partial charge on any atom is -0.519 e. The van der Waals surface area contributed by atoms with E-state index in [2.05, 4.69) is 33.9 Å². The van der Waals surface area contributed by atoms with Crippen LogP contribution in [0.1, 0.15) is 59.8 Å². The van der Waals surface area contributed by atoms with Crippen molar-refractivity contribution in [3.8, 4) is 0 Å². The number of ether oxygens (including phenoxy) is 1. The Balaban J connectivity index is 2.57. The molecule has 0 aromatic rings. The van der Waals surface area contributed by atoms with Gasteiger partial charge in [0.2, 0.25) is 0 Å². The number of allylic oxidation sites excluding steroid dienone is 1. The first-order valence-electron chi connectivity index (χ1n) is 7.28. The first-order chi connectivity index (χ1) is 8.26. The Morgan fingerprint density at radius 1 is 1.11 bits per heavy atom. The summed E-state index contributed by atoms with van der Waals surface area (Å²) in [5.74, 6) is 0.758. The third-order valence-corrected chi connectivity index (χ3v) is 8.56. The molecule has 106 valence electrons. The summed E-state index contributed by atoms with van der Waals surface area (Å²) >= 11 is 0. The third kappa shape index (κ3) is 4.34. The lowest BCUT2D eigenvalue weighted by Crippen LogP contribution is -2.41. The normalized spacial score (nSPS) is 19.8. The van der Waals surface area contributed by atoms with Gasteiger partial charge in [0, 0.05) is 0 Å². The van der Waals surface area contributed by atoms with Gasteiger partial charge in [-0.05, 0) is 56.8 Å². The van der Waals surface area contributed by atoms with Gasteiger partial charge < -0.3 is 9.16 Å². The smallest absolute Gasteiger partial charge is 0.261 e. The molecule has 0 unspecified atom stereocenters. The minimum atomic E-state index is -1.77. The Bertz CT molecular complexity index is 283. The Labute approximate surface area is 114 Å². The van der Waals surface area contributed by atoms with Gasteiger partial charge in [0.1, 0.15) is 6.10 Å². The van der Waals surface area contributed by atoms with Gasteiger partial charge >= 0.3 is 0 Å². The van der Waals surface area contributed by atoms with Gasteiger partial charge in [-0.3, -0.25) is 0 Å². The first kappa shape index (κ1) is 15.6. The number of hydrogen-bond donors (Lipinski definition) is 0. The molecule has 0 saturated heterocycles. The maximum Gasteiger partial charge on any atom is 0.261 e. The Hall–Kier alpha value is -0.443. The molecule has 0 amide bonds. The van der Waals surface area contributed by atoms with Gasteiger partial charge in [-0.1, -0.05) is 27.2 Å². The summed E-state index contributed by atoms with van der Waals surface area (Å²) in [6, 6.07) is 0. The highest BCUT2D eigenvalue weighted by atomic mass is 28.4. The molecule has 0 bridgehead atoms. The molecule has 0 atom stereocenters. The zero-order chi connectivity index (χ0) is 13.8. The summed E-state index contributed by atoms with van der Waals surface area (Å²) in [4.78, 5) is 0. The van der Waals surface area contributed by atoms with Crippen molar-refractivity contribution in [1.82, 2.24) is 0 Å². The van der Waals surface area contributed by atoms with Crippen molar-refractivity contribution in [2.75, 3.05) is 0 Å². The molecule has 1 aliphatic carbocycles. The summed E-state index contributed by atoms with van der Waals surface area (Å²) < 4.78 is 12.3. The van der Waals surface area contributed by atoms with E-state index in [9.17, 15) is 0 Å². The predicted molar refractivity (Wildman–Crippen MR) is 80.0 cm³/mol. The fourth-order valence-electron chi connectivity index (χ4n) is 1.90. The van der Waals surface area contributed by atoms with Crippen LogP contribution in [0.3, 0.4) is 0 Å². The molecule has 1 rings (SSSR count). The van der Waals surface area contributed by atoms with E-state index in [1.54, 1.807) is 0 Å². The lowest BCUT2D eigenvalue weighted by Gasteiger charge is -2.37. The Morgan fingerprint density at radius 3 is 2.11 bits per heavy atom. The van der Waals surface area contributed by atoms with Crippen molar-refractivity contribution < 1.29 is 9.16 Å². The molecule has 0 spiro atoms. The number of hydrogen-bond acceptors (Lipinski definition) is 2. The number of rotatable bonds is 4. The molecule has 1 saturated carbocycles. The average Bonchev–Trinajstić information content (AvgIpc) is 2.27. The van der Waals surface area contributed by atoms with E-state index in [0.29, 0.717) is 6.10 Å². The quantitative estimate of drug-likeness (QED) is 0.515. The molecular weight excluding hydrogens is 240 g/mol. The largest absolute Gasteiger partial charge is 0.519 e. The minimum absolute atomic E-state index is 0.219. The van der Waals surface area contributed by atoms with Crippen LogP contribution in [-0.4, -0.2) is 14.4 Å². The topological polar surface area (TPSA) is 18.5 Å². The fourth-order valence-corrected chi connectivity index (χ4v) is 2.88. The Kier molecular flexibility index (Phi) is 5.32. The van der Waals surface area contributed by atoms with E-state index in [1.165, 1.54) is 32.1 Å². The SMILES string of the molecule is C/C=C(\OC1CCCCC1)O[Si](C)(C)C(C)(C)C. The van der Waals surface area contributed by atoms with Gasteiger partial charge in [0.15, 0.2) is 0 Å². The maximum atomic E-state index is 6.23. The zero-order valence-electron chi connectivity index (χ0n) is 13.0. The van der Waals surface area contributed by atoms with Crippen LogP contribution in [0.5, 0.6) is 0 Å². The van der Waals surface area contributed by atoms with Crippen LogP contribution in [0.2, 0.25) is 18.1 Å². The molecule has 1 fully saturated rings. The summed E-state index contributed by atoms with van der Waals surface area (Å²) in [6.07, 6.45) is 8.65. The van der Waals surface area contributed by atoms with Gasteiger partial charge in [-0.2, -0.15) is 0 Å². The van der Waals surface area contributed by atoms with Crippen LogP contribution in [-0.2, 0) is 9.16 Å². The molecule has 3 heteroatoms. The van der Waals surface area contributed by atoms with E-state index in [0.717, 1.165) is 5.95 Å². The molecule has 0 aliphatic heterocycles. The second-order valence-electron chi connectivity index (χ2n) is 6.85. The summed E-state index contributed by atoms with van der Waals surface area (Å²) in [5, 5.41) is 0.219. The van der Waals surface area contributed by atoms with Crippen LogP contribution in [0.15, 0.2) is 12.0 Å². The first-order valence-corrected chi connectivity index (χ1v) is 10.2. The lowest BCUT2D eigenvalue weighted by molar-refractivity contribution is 0.0167. The van der Waals surface area contributed by atoms with Crippen molar-refractivity contribution in [3.63, 3.8) is 0 Å². The molecule has 0 heterocycles. The summed E-state index contributed by atoms with van der Waals surface area (Å²) in [5.41, 5.74) is 0. The van der Waals surface area contributed by atoms with E-state index in [4.69, 9.17) is 9.16 Å². The van der Waals surface area contributed by atoms with E-state index in [-0.39, 0.29) is 5.04 Å². The highest BCUT2D eigenvalue weighted by Gasteiger charge is 2.40. The molecule has 0 aromatic heterocycles. The molecular formula is C15H30O2Si. The van der Waals surface area contributed by atoms with Crippen molar-refractivity contribution in [2.45, 2.75) is 84.0 Å². The standard InChI is InChI=1S/C15H30O2Si/c1-7-14(16-13-11-9-8-10-12-13)17-18(5,6)15(2,3)4/h7,13H,8-12H2,1-6H3/b14-7+. The molecule has 1 aliphatic rings. The summed E-state index contributed by atoms with van der Waals surface area (Å²) in [7, 11) is -1.77. The van der Waals surface area contributed by atoms with E-state index >= 15 is 0 Å². The summed E-state index contributed by atoms with van der Waals surface area (Å²) in [6.45, 7) is 13.3. The maximum absolute atomic E-state index is 6.23. The molecule has 0 radical (unpaired) electrons. The second kappa shape index (κ2) is 6.13. The lowest BCUT2D eigenvalue weighted by atomic mass is 9.98. The van der Waals surface area contributed by atoms with Crippen LogP contribution < -0.4 is 0 Å². The average molecular weight is 270 g/mol. The van der Waals surface area contributed by atoms with Crippen molar-refractivity contribution in [2.24, 2.45) is 0 Å². The van der Waals surface area contributed by atoms with Crippen LogP contribution in [0.4, 0.5) is 0 Å². The van der Waals surface area contributed by atoms with Crippen LogP contribution >= 0.6 is 0 Å². The van der Waals surface area contributed by atoms with Crippen molar-refractivity contribution >= 4 is 8.32 Å². The molecule has 0 N–H and O–H groups in total. The molecule has 18 heavy (non-hydrogen) atoms. The van der Waals surface area contributed by atoms with Gasteiger partial charge in [-0.15, -0.1) is 0 Å². The molecule has 0 aromatic carbocycles. The Morgan fingerprint density at radius 2 is 1.67 bits per heavy atom. The predicted octanol–water partition coefficient (Wildman–Crippen LogP) is 5.22. The fraction of sp³-hybridized carbons (Fsp3) is 0.867. The second-order valence-corrected chi connectivity index (χ2v) is 11.6. The zero-order valence-corrected chi connectivity index (χ0v) is 14.0. The van der Waals surface area contributed by atoms with Crippen LogP contribution in [0, 0.1) is 0 Å². The van der Waals surface area contributed by atoms with Crippen molar-refractivity contribution in [1.29, 1.82) is 0 Å².